The number of carbonyl (C=O) groups is 2. The highest BCUT2D eigenvalue weighted by molar-refractivity contribution is 6.31. The summed E-state index contributed by atoms with van der Waals surface area (Å²) in [5, 5.41) is 5.22. The van der Waals surface area contributed by atoms with Gasteiger partial charge in [-0.1, -0.05) is 17.7 Å². The fraction of sp³-hybridized carbons (Fsp3) is 0.286. The van der Waals surface area contributed by atoms with E-state index in [1.165, 1.54) is 23.1 Å². The topological polar surface area (TPSA) is 61.4 Å². The first-order valence-corrected chi connectivity index (χ1v) is 6.64. The van der Waals surface area contributed by atoms with Gasteiger partial charge < -0.3 is 15.5 Å². The van der Waals surface area contributed by atoms with Crippen molar-refractivity contribution in [2.45, 2.75) is 13.0 Å². The molecule has 2 rings (SSSR count). The second-order valence-corrected chi connectivity index (χ2v) is 5.31. The van der Waals surface area contributed by atoms with Gasteiger partial charge in [-0.2, -0.15) is 0 Å². The van der Waals surface area contributed by atoms with E-state index in [0.717, 1.165) is 0 Å². The number of rotatable bonds is 2. The summed E-state index contributed by atoms with van der Waals surface area (Å²) in [4.78, 5) is 25.4. The molecule has 1 aromatic rings. The third-order valence-electron chi connectivity index (χ3n) is 3.19. The van der Waals surface area contributed by atoms with Crippen LogP contribution in [-0.2, 0) is 4.79 Å². The largest absolute Gasteiger partial charge is 0.345 e. The van der Waals surface area contributed by atoms with Gasteiger partial charge in [-0.25, -0.2) is 9.18 Å². The van der Waals surface area contributed by atoms with Gasteiger partial charge in [0.1, 0.15) is 5.82 Å². The zero-order chi connectivity index (χ0) is 15.7. The maximum absolute atomic E-state index is 14.1. The van der Waals surface area contributed by atoms with Crippen molar-refractivity contribution in [1.82, 2.24) is 15.5 Å². The lowest BCUT2D eigenvalue weighted by Gasteiger charge is -2.30. The first-order valence-electron chi connectivity index (χ1n) is 6.26. The van der Waals surface area contributed by atoms with Gasteiger partial charge in [-0.05, 0) is 19.1 Å². The van der Waals surface area contributed by atoms with Gasteiger partial charge in [0.25, 0.3) is 5.91 Å². The minimum Gasteiger partial charge on any atom is -0.345 e. The molecular formula is C14H15ClFN3O2. The number of nitrogens with zero attached hydrogens (tertiary/aromatic N) is 1. The summed E-state index contributed by atoms with van der Waals surface area (Å²) in [6.45, 7) is 1.59. The summed E-state index contributed by atoms with van der Waals surface area (Å²) >= 11 is 6.05. The van der Waals surface area contributed by atoms with E-state index in [1.54, 1.807) is 21.0 Å². The van der Waals surface area contributed by atoms with Crippen LogP contribution in [0.25, 0.3) is 0 Å². The normalized spacial score (nSPS) is 18.1. The molecule has 1 heterocycles. The molecule has 1 aromatic carbocycles. The van der Waals surface area contributed by atoms with Gasteiger partial charge >= 0.3 is 6.03 Å². The van der Waals surface area contributed by atoms with Crippen LogP contribution in [-0.4, -0.2) is 30.9 Å². The molecule has 2 N–H and O–H groups in total. The van der Waals surface area contributed by atoms with Crippen molar-refractivity contribution in [3.8, 4) is 0 Å². The Morgan fingerprint density at radius 2 is 2.05 bits per heavy atom. The van der Waals surface area contributed by atoms with E-state index in [1.807, 2.05) is 0 Å². The molecular weight excluding hydrogens is 297 g/mol. The molecule has 7 heteroatoms. The molecule has 5 nitrogen and oxygen atoms in total. The van der Waals surface area contributed by atoms with Crippen molar-refractivity contribution < 1.29 is 14.0 Å². The fourth-order valence-corrected chi connectivity index (χ4v) is 2.49. The van der Waals surface area contributed by atoms with Crippen molar-refractivity contribution in [1.29, 1.82) is 0 Å². The summed E-state index contributed by atoms with van der Waals surface area (Å²) in [6.07, 6.45) is 0. The highest BCUT2D eigenvalue weighted by Crippen LogP contribution is 2.33. The first kappa shape index (κ1) is 15.3. The zero-order valence-electron chi connectivity index (χ0n) is 11.8. The van der Waals surface area contributed by atoms with E-state index in [4.69, 9.17) is 11.6 Å². The summed E-state index contributed by atoms with van der Waals surface area (Å²) in [7, 11) is 3.16. The Hall–Kier alpha value is -2.08. The molecule has 0 aliphatic carbocycles. The quantitative estimate of drug-likeness (QED) is 0.879. The average molecular weight is 312 g/mol. The van der Waals surface area contributed by atoms with Crippen LogP contribution in [0.15, 0.2) is 29.5 Å². The van der Waals surface area contributed by atoms with E-state index >= 15 is 0 Å². The Kier molecular flexibility index (Phi) is 4.18. The minimum atomic E-state index is -0.928. The summed E-state index contributed by atoms with van der Waals surface area (Å²) in [5.74, 6) is -0.907. The lowest BCUT2D eigenvalue weighted by molar-refractivity contribution is -0.125. The standard InChI is InChI=1S/C14H15ClFN3O2/c1-7-10(13(20)19(2)3)12(18-14(21)17-7)11-8(15)5-4-6-9(11)16/h4-6,12H,1-3H3,(H2,17,18,21). The summed E-state index contributed by atoms with van der Waals surface area (Å²) in [6, 6.07) is 2.78. The van der Waals surface area contributed by atoms with E-state index in [0.29, 0.717) is 5.70 Å². The number of likely N-dealkylation sites (N-methyl/N-ethyl adjacent to an activating group) is 1. The van der Waals surface area contributed by atoms with Gasteiger partial charge in [-0.15, -0.1) is 0 Å². The number of benzene rings is 1. The molecule has 0 radical (unpaired) electrons. The number of urea groups is 1. The van der Waals surface area contributed by atoms with Crippen LogP contribution < -0.4 is 10.6 Å². The first-order chi connectivity index (χ1) is 9.82. The fourth-order valence-electron chi connectivity index (χ4n) is 2.22. The predicted molar refractivity (Wildman–Crippen MR) is 77.2 cm³/mol. The van der Waals surface area contributed by atoms with E-state index in [2.05, 4.69) is 10.6 Å². The molecule has 1 unspecified atom stereocenters. The third-order valence-corrected chi connectivity index (χ3v) is 3.52. The lowest BCUT2D eigenvalue weighted by Crippen LogP contribution is -2.47. The molecule has 0 bridgehead atoms. The highest BCUT2D eigenvalue weighted by atomic mass is 35.5. The molecule has 112 valence electrons. The van der Waals surface area contributed by atoms with E-state index in [9.17, 15) is 14.0 Å². The Balaban J connectivity index is 2.61. The zero-order valence-corrected chi connectivity index (χ0v) is 12.6. The van der Waals surface area contributed by atoms with Crippen molar-refractivity contribution in [2.75, 3.05) is 14.1 Å². The Bertz CT molecular complexity index is 623. The molecule has 0 spiro atoms. The second-order valence-electron chi connectivity index (χ2n) is 4.91. The molecule has 0 aromatic heterocycles. The molecule has 1 aliphatic heterocycles. The number of halogens is 2. The number of allylic oxidation sites excluding steroid dienone is 1. The van der Waals surface area contributed by atoms with Gasteiger partial charge in [-0.3, -0.25) is 4.79 Å². The minimum absolute atomic E-state index is 0.0820. The Morgan fingerprint density at radius 3 is 2.62 bits per heavy atom. The predicted octanol–water partition coefficient (Wildman–Crippen LogP) is 2.20. The van der Waals surface area contributed by atoms with Crippen LogP contribution >= 0.6 is 11.6 Å². The highest BCUT2D eigenvalue weighted by Gasteiger charge is 2.34. The number of amides is 3. The molecule has 0 saturated carbocycles. The van der Waals surface area contributed by atoms with Crippen LogP contribution in [0.5, 0.6) is 0 Å². The Labute approximate surface area is 126 Å². The molecule has 3 amide bonds. The maximum atomic E-state index is 14.1. The van der Waals surface area contributed by atoms with Gasteiger partial charge in [0.05, 0.1) is 11.6 Å². The molecule has 21 heavy (non-hydrogen) atoms. The molecule has 0 saturated heterocycles. The van der Waals surface area contributed by atoms with E-state index in [-0.39, 0.29) is 22.1 Å². The van der Waals surface area contributed by atoms with Crippen LogP contribution in [0.2, 0.25) is 5.02 Å². The number of hydrogen-bond acceptors (Lipinski definition) is 2. The molecule has 1 aliphatic rings. The average Bonchev–Trinajstić information content (AvgIpc) is 2.37. The maximum Gasteiger partial charge on any atom is 0.319 e. The smallest absolute Gasteiger partial charge is 0.319 e. The lowest BCUT2D eigenvalue weighted by atomic mass is 9.94. The third kappa shape index (κ3) is 2.85. The van der Waals surface area contributed by atoms with Crippen LogP contribution in [0.4, 0.5) is 9.18 Å². The molecule has 1 atom stereocenters. The number of carbonyl (C=O) groups excluding carboxylic acids is 2. The SMILES string of the molecule is CC1=C(C(=O)N(C)C)C(c2c(F)cccc2Cl)NC(=O)N1. The van der Waals surface area contributed by atoms with Gasteiger partial charge in [0.2, 0.25) is 0 Å². The van der Waals surface area contributed by atoms with Crippen molar-refractivity contribution >= 4 is 23.5 Å². The van der Waals surface area contributed by atoms with E-state index < -0.39 is 17.9 Å². The van der Waals surface area contributed by atoms with Crippen molar-refractivity contribution in [2.24, 2.45) is 0 Å². The van der Waals surface area contributed by atoms with Gasteiger partial charge in [0, 0.05) is 30.4 Å². The van der Waals surface area contributed by atoms with Gasteiger partial charge in [0.15, 0.2) is 0 Å². The summed E-state index contributed by atoms with van der Waals surface area (Å²) < 4.78 is 14.1. The number of nitrogens with one attached hydrogen (secondary N) is 2. The van der Waals surface area contributed by atoms with Crippen LogP contribution in [0, 0.1) is 5.82 Å². The van der Waals surface area contributed by atoms with Crippen LogP contribution in [0.3, 0.4) is 0 Å². The Morgan fingerprint density at radius 1 is 1.38 bits per heavy atom. The van der Waals surface area contributed by atoms with Crippen LogP contribution in [0.1, 0.15) is 18.5 Å². The second kappa shape index (κ2) is 5.73. The number of hydrogen-bond donors (Lipinski definition) is 2. The summed E-state index contributed by atoms with van der Waals surface area (Å²) in [5.41, 5.74) is 0.715. The van der Waals surface area contributed by atoms with Crippen molar-refractivity contribution in [3.05, 3.63) is 45.9 Å². The van der Waals surface area contributed by atoms with Crippen molar-refractivity contribution in [3.63, 3.8) is 0 Å². The monoisotopic (exact) mass is 311 g/mol. The molecule has 0 fully saturated rings.